The van der Waals surface area contributed by atoms with Crippen LogP contribution in [0, 0.1) is 0 Å². The van der Waals surface area contributed by atoms with Crippen molar-refractivity contribution >= 4 is 23.2 Å². The van der Waals surface area contributed by atoms with Crippen LogP contribution >= 0.6 is 0 Å². The van der Waals surface area contributed by atoms with Crippen molar-refractivity contribution in [2.24, 2.45) is 0 Å². The summed E-state index contributed by atoms with van der Waals surface area (Å²) in [6.07, 6.45) is 2.82. The van der Waals surface area contributed by atoms with Gasteiger partial charge >= 0.3 is 0 Å². The van der Waals surface area contributed by atoms with Gasteiger partial charge in [0.05, 0.1) is 0 Å². The highest BCUT2D eigenvalue weighted by atomic mass is 16.2. The normalized spacial score (nSPS) is 14.5. The molecule has 1 fully saturated rings. The molecule has 0 unspecified atom stereocenters. The van der Waals surface area contributed by atoms with Crippen LogP contribution in [-0.2, 0) is 16.1 Å². The lowest BCUT2D eigenvalue weighted by atomic mass is 10.2. The number of hydrogen-bond acceptors (Lipinski definition) is 5. The fourth-order valence-corrected chi connectivity index (χ4v) is 2.27. The fourth-order valence-electron chi connectivity index (χ4n) is 2.27. The summed E-state index contributed by atoms with van der Waals surface area (Å²) in [5, 5.41) is 13.3. The van der Waals surface area contributed by atoms with E-state index in [-0.39, 0.29) is 18.4 Å². The third kappa shape index (κ3) is 3.04. The molecule has 108 valence electrons. The molecular weight excluding hydrogens is 272 g/mol. The van der Waals surface area contributed by atoms with Crippen molar-refractivity contribution in [1.82, 2.24) is 20.2 Å². The Morgan fingerprint density at radius 3 is 3.00 bits per heavy atom. The minimum atomic E-state index is -0.229. The van der Waals surface area contributed by atoms with Gasteiger partial charge < -0.3 is 10.2 Å². The Bertz CT molecular complexity index is 654. The molecule has 0 saturated carbocycles. The van der Waals surface area contributed by atoms with E-state index in [0.29, 0.717) is 12.1 Å². The Morgan fingerprint density at radius 2 is 2.29 bits per heavy atom. The second-order valence-electron chi connectivity index (χ2n) is 4.75. The van der Waals surface area contributed by atoms with Gasteiger partial charge in [0.2, 0.25) is 11.8 Å². The van der Waals surface area contributed by atoms with Gasteiger partial charge in [-0.15, -0.1) is 5.10 Å². The minimum Gasteiger partial charge on any atom is -0.324 e. The number of rotatable bonds is 4. The summed E-state index contributed by atoms with van der Waals surface area (Å²) in [6, 6.07) is 7.25. The Morgan fingerprint density at radius 1 is 1.38 bits per heavy atom. The smallest absolute Gasteiger partial charge is 0.246 e. The van der Waals surface area contributed by atoms with Crippen molar-refractivity contribution in [1.29, 1.82) is 0 Å². The average Bonchev–Trinajstić information content (AvgIpc) is 3.10. The van der Waals surface area contributed by atoms with E-state index in [1.807, 2.05) is 12.1 Å². The number of benzene rings is 1. The van der Waals surface area contributed by atoms with Crippen molar-refractivity contribution in [3.63, 3.8) is 0 Å². The van der Waals surface area contributed by atoms with Gasteiger partial charge in [0.1, 0.15) is 12.9 Å². The lowest BCUT2D eigenvalue weighted by molar-refractivity contribution is -0.117. The van der Waals surface area contributed by atoms with Gasteiger partial charge in [-0.25, -0.2) is 4.68 Å². The van der Waals surface area contributed by atoms with Crippen LogP contribution < -0.4 is 10.2 Å². The third-order valence-electron chi connectivity index (χ3n) is 3.21. The Balaban J connectivity index is 1.68. The Kier molecular flexibility index (Phi) is 3.59. The summed E-state index contributed by atoms with van der Waals surface area (Å²) >= 11 is 0. The fraction of sp³-hybridized carbons (Fsp3) is 0.308. The van der Waals surface area contributed by atoms with Gasteiger partial charge in [-0.2, -0.15) is 0 Å². The number of nitrogens with one attached hydrogen (secondary N) is 1. The number of hydrogen-bond donors (Lipinski definition) is 1. The molecule has 0 atom stereocenters. The molecule has 0 spiro atoms. The van der Waals surface area contributed by atoms with Gasteiger partial charge in [0.15, 0.2) is 0 Å². The van der Waals surface area contributed by atoms with Crippen LogP contribution in [0.25, 0.3) is 0 Å². The molecule has 2 aromatic rings. The number of tetrazole rings is 1. The van der Waals surface area contributed by atoms with Gasteiger partial charge in [-0.1, -0.05) is 6.07 Å². The second kappa shape index (κ2) is 5.70. The highest BCUT2D eigenvalue weighted by molar-refractivity contribution is 5.97. The van der Waals surface area contributed by atoms with Gasteiger partial charge in [0, 0.05) is 24.3 Å². The molecule has 1 aromatic heterocycles. The number of aromatic nitrogens is 4. The molecule has 8 heteroatoms. The van der Waals surface area contributed by atoms with Crippen molar-refractivity contribution < 1.29 is 9.59 Å². The summed E-state index contributed by atoms with van der Waals surface area (Å²) < 4.78 is 1.34. The molecule has 0 aliphatic carbocycles. The zero-order valence-electron chi connectivity index (χ0n) is 11.3. The molecule has 21 heavy (non-hydrogen) atoms. The van der Waals surface area contributed by atoms with Crippen molar-refractivity contribution in [2.75, 3.05) is 16.8 Å². The molecule has 2 amide bonds. The SMILES string of the molecule is O=C(Cn1cnnn1)Nc1cccc(N2CCCC2=O)c1. The predicted octanol–water partition coefficient (Wildman–Crippen LogP) is 0.439. The largest absolute Gasteiger partial charge is 0.324 e. The van der Waals surface area contributed by atoms with Gasteiger partial charge in [-0.3, -0.25) is 9.59 Å². The molecule has 0 radical (unpaired) electrons. The van der Waals surface area contributed by atoms with Crippen LogP contribution in [0.2, 0.25) is 0 Å². The van der Waals surface area contributed by atoms with Crippen molar-refractivity contribution in [2.45, 2.75) is 19.4 Å². The van der Waals surface area contributed by atoms with Crippen LogP contribution in [0.4, 0.5) is 11.4 Å². The first-order valence-corrected chi connectivity index (χ1v) is 6.63. The third-order valence-corrected chi connectivity index (χ3v) is 3.21. The van der Waals surface area contributed by atoms with Crippen LogP contribution in [0.5, 0.6) is 0 Å². The van der Waals surface area contributed by atoms with E-state index < -0.39 is 0 Å². The van der Waals surface area contributed by atoms with Crippen molar-refractivity contribution in [3.8, 4) is 0 Å². The molecule has 2 heterocycles. The van der Waals surface area contributed by atoms with Gasteiger partial charge in [0.25, 0.3) is 0 Å². The highest BCUT2D eigenvalue weighted by Crippen LogP contribution is 2.24. The standard InChI is InChI=1S/C13H14N6O2/c20-12(8-18-9-14-16-17-18)15-10-3-1-4-11(7-10)19-6-2-5-13(19)21/h1,3-4,7,9H,2,5-6,8H2,(H,15,20). The summed E-state index contributed by atoms with van der Waals surface area (Å²) in [4.78, 5) is 25.3. The number of amides is 2. The molecule has 1 aromatic carbocycles. The molecular formula is C13H14N6O2. The maximum Gasteiger partial charge on any atom is 0.246 e. The molecule has 1 N–H and O–H groups in total. The monoisotopic (exact) mass is 286 g/mol. The summed E-state index contributed by atoms with van der Waals surface area (Å²) in [5.74, 6) is -0.112. The Hall–Kier alpha value is -2.77. The molecule has 1 aliphatic heterocycles. The first kappa shape index (κ1) is 13.2. The maximum absolute atomic E-state index is 11.9. The van der Waals surface area contributed by atoms with Gasteiger partial charge in [-0.05, 0) is 35.0 Å². The van der Waals surface area contributed by atoms with E-state index in [2.05, 4.69) is 20.8 Å². The molecule has 1 aliphatic rings. The van der Waals surface area contributed by atoms with Crippen LogP contribution in [-0.4, -0.2) is 38.6 Å². The van der Waals surface area contributed by atoms with E-state index >= 15 is 0 Å². The van der Waals surface area contributed by atoms with E-state index in [4.69, 9.17) is 0 Å². The number of carbonyl (C=O) groups excluding carboxylic acids is 2. The number of nitrogens with zero attached hydrogens (tertiary/aromatic N) is 5. The van der Waals surface area contributed by atoms with Crippen LogP contribution in [0.1, 0.15) is 12.8 Å². The van der Waals surface area contributed by atoms with Crippen LogP contribution in [0.3, 0.4) is 0 Å². The molecule has 3 rings (SSSR count). The lowest BCUT2D eigenvalue weighted by Crippen LogP contribution is -2.24. The lowest BCUT2D eigenvalue weighted by Gasteiger charge is -2.16. The minimum absolute atomic E-state index is 0.0415. The second-order valence-corrected chi connectivity index (χ2v) is 4.75. The first-order chi connectivity index (χ1) is 10.2. The first-order valence-electron chi connectivity index (χ1n) is 6.63. The molecule has 0 bridgehead atoms. The highest BCUT2D eigenvalue weighted by Gasteiger charge is 2.21. The summed E-state index contributed by atoms with van der Waals surface area (Å²) in [6.45, 7) is 0.765. The van der Waals surface area contributed by atoms with Crippen LogP contribution in [0.15, 0.2) is 30.6 Å². The van der Waals surface area contributed by atoms with E-state index in [0.717, 1.165) is 18.7 Å². The topological polar surface area (TPSA) is 93.0 Å². The van der Waals surface area contributed by atoms with E-state index in [1.54, 1.807) is 17.0 Å². The zero-order valence-corrected chi connectivity index (χ0v) is 11.3. The van der Waals surface area contributed by atoms with E-state index in [9.17, 15) is 9.59 Å². The Labute approximate surface area is 120 Å². The summed E-state index contributed by atoms with van der Waals surface area (Å²) in [7, 11) is 0. The molecule has 8 nitrogen and oxygen atoms in total. The summed E-state index contributed by atoms with van der Waals surface area (Å²) in [5.41, 5.74) is 1.45. The van der Waals surface area contributed by atoms with Crippen molar-refractivity contribution in [3.05, 3.63) is 30.6 Å². The quantitative estimate of drug-likeness (QED) is 0.880. The zero-order chi connectivity index (χ0) is 14.7. The maximum atomic E-state index is 11.9. The number of anilines is 2. The molecule has 1 saturated heterocycles. The average molecular weight is 286 g/mol. The predicted molar refractivity (Wildman–Crippen MR) is 74.5 cm³/mol. The number of carbonyl (C=O) groups is 2. The van der Waals surface area contributed by atoms with E-state index in [1.165, 1.54) is 11.0 Å².